The molecule has 0 atom stereocenters. The third-order valence-corrected chi connectivity index (χ3v) is 3.96. The average molecular weight is 290 g/mol. The van der Waals surface area contributed by atoms with Crippen LogP contribution in [0.5, 0.6) is 5.75 Å². The van der Waals surface area contributed by atoms with Crippen LogP contribution in [0.4, 0.5) is 5.69 Å². The molecule has 106 valence electrons. The van der Waals surface area contributed by atoms with Crippen LogP contribution in [0, 0.1) is 0 Å². The first-order valence-corrected chi connectivity index (χ1v) is 7.37. The molecule has 2 aromatic rings. The summed E-state index contributed by atoms with van der Waals surface area (Å²) in [4.78, 5) is 14.0. The number of aryl methyl sites for hydroxylation is 1. The molecule has 0 aliphatic heterocycles. The highest BCUT2D eigenvalue weighted by atomic mass is 32.1. The summed E-state index contributed by atoms with van der Waals surface area (Å²) >= 11 is 1.52. The van der Waals surface area contributed by atoms with Crippen LogP contribution in [0.1, 0.15) is 21.5 Å². The molecule has 1 aromatic heterocycles. The Labute approximate surface area is 122 Å². The highest BCUT2D eigenvalue weighted by molar-refractivity contribution is 7.14. The standard InChI is InChI=1S/C15H18N2O2S/c1-2-13-7-8-14(20-13)15(18)17-11-3-5-12(6-4-11)19-10-9-16/h3-8H,2,9-10,16H2,1H3,(H,17,18). The van der Waals surface area contributed by atoms with E-state index in [0.29, 0.717) is 13.2 Å². The molecule has 1 aromatic carbocycles. The van der Waals surface area contributed by atoms with E-state index in [1.54, 1.807) is 0 Å². The molecular formula is C15H18N2O2S. The second-order valence-corrected chi connectivity index (χ2v) is 5.40. The van der Waals surface area contributed by atoms with Gasteiger partial charge in [0.05, 0.1) is 4.88 Å². The number of ether oxygens (including phenoxy) is 1. The topological polar surface area (TPSA) is 64.3 Å². The first-order valence-electron chi connectivity index (χ1n) is 6.56. The molecule has 4 nitrogen and oxygen atoms in total. The van der Waals surface area contributed by atoms with Gasteiger partial charge in [-0.3, -0.25) is 4.79 Å². The first kappa shape index (κ1) is 14.6. The number of hydrogen-bond acceptors (Lipinski definition) is 4. The fourth-order valence-corrected chi connectivity index (χ4v) is 2.54. The van der Waals surface area contributed by atoms with Crippen molar-refractivity contribution in [3.05, 3.63) is 46.2 Å². The van der Waals surface area contributed by atoms with Gasteiger partial charge in [-0.2, -0.15) is 0 Å². The molecule has 0 fully saturated rings. The maximum Gasteiger partial charge on any atom is 0.265 e. The number of hydrogen-bond donors (Lipinski definition) is 2. The summed E-state index contributed by atoms with van der Waals surface area (Å²) in [5.74, 6) is 0.670. The fraction of sp³-hybridized carbons (Fsp3) is 0.267. The van der Waals surface area contributed by atoms with Gasteiger partial charge in [0.1, 0.15) is 12.4 Å². The van der Waals surface area contributed by atoms with Crippen LogP contribution in [0.25, 0.3) is 0 Å². The molecule has 2 rings (SSSR count). The smallest absolute Gasteiger partial charge is 0.265 e. The van der Waals surface area contributed by atoms with E-state index in [-0.39, 0.29) is 5.91 Å². The zero-order valence-electron chi connectivity index (χ0n) is 11.4. The lowest BCUT2D eigenvalue weighted by Gasteiger charge is -2.06. The Hall–Kier alpha value is -1.85. The maximum absolute atomic E-state index is 12.1. The maximum atomic E-state index is 12.1. The number of carbonyl (C=O) groups excluding carboxylic acids is 1. The van der Waals surface area contributed by atoms with Crippen LogP contribution in [-0.4, -0.2) is 19.1 Å². The molecule has 0 unspecified atom stereocenters. The second kappa shape index (κ2) is 7.07. The SMILES string of the molecule is CCc1ccc(C(=O)Nc2ccc(OCCN)cc2)s1. The number of amides is 1. The molecule has 1 heterocycles. The van der Waals surface area contributed by atoms with Crippen LogP contribution in [-0.2, 0) is 6.42 Å². The third-order valence-electron chi connectivity index (χ3n) is 2.73. The summed E-state index contributed by atoms with van der Waals surface area (Å²) < 4.78 is 5.38. The Morgan fingerprint density at radius 2 is 2.00 bits per heavy atom. The lowest BCUT2D eigenvalue weighted by atomic mass is 10.3. The Morgan fingerprint density at radius 1 is 1.25 bits per heavy atom. The van der Waals surface area contributed by atoms with Gasteiger partial charge in [-0.05, 0) is 42.8 Å². The molecule has 0 aliphatic rings. The van der Waals surface area contributed by atoms with Crippen molar-refractivity contribution in [1.82, 2.24) is 0 Å². The quantitative estimate of drug-likeness (QED) is 0.859. The number of carbonyl (C=O) groups is 1. The summed E-state index contributed by atoms with van der Waals surface area (Å²) in [6, 6.07) is 11.1. The largest absolute Gasteiger partial charge is 0.492 e. The molecule has 0 bridgehead atoms. The van der Waals surface area contributed by atoms with Gasteiger partial charge in [0.2, 0.25) is 0 Å². The molecule has 0 radical (unpaired) electrons. The molecule has 0 aliphatic carbocycles. The first-order chi connectivity index (χ1) is 9.72. The van der Waals surface area contributed by atoms with E-state index in [0.717, 1.165) is 22.7 Å². The summed E-state index contributed by atoms with van der Waals surface area (Å²) in [5, 5.41) is 2.87. The number of rotatable bonds is 6. The van der Waals surface area contributed by atoms with Crippen molar-refractivity contribution in [1.29, 1.82) is 0 Å². The second-order valence-electron chi connectivity index (χ2n) is 4.24. The van der Waals surface area contributed by atoms with Crippen LogP contribution >= 0.6 is 11.3 Å². The molecule has 0 saturated carbocycles. The molecule has 1 amide bonds. The van der Waals surface area contributed by atoms with Crippen LogP contribution < -0.4 is 15.8 Å². The Bertz CT molecular complexity index is 564. The van der Waals surface area contributed by atoms with Crippen molar-refractivity contribution in [2.45, 2.75) is 13.3 Å². The number of nitrogens with one attached hydrogen (secondary N) is 1. The van der Waals surface area contributed by atoms with Crippen LogP contribution in [0.3, 0.4) is 0 Å². The van der Waals surface area contributed by atoms with Crippen LogP contribution in [0.2, 0.25) is 0 Å². The van der Waals surface area contributed by atoms with E-state index in [4.69, 9.17) is 10.5 Å². The minimum Gasteiger partial charge on any atom is -0.492 e. The number of benzene rings is 1. The lowest BCUT2D eigenvalue weighted by Crippen LogP contribution is -2.11. The Kier molecular flexibility index (Phi) is 5.15. The summed E-state index contributed by atoms with van der Waals surface area (Å²) in [5.41, 5.74) is 6.12. The normalized spacial score (nSPS) is 10.3. The number of anilines is 1. The predicted octanol–water partition coefficient (Wildman–Crippen LogP) is 2.90. The van der Waals surface area contributed by atoms with Crippen molar-refractivity contribution in [2.75, 3.05) is 18.5 Å². The van der Waals surface area contributed by atoms with Gasteiger partial charge in [0.25, 0.3) is 5.91 Å². The van der Waals surface area contributed by atoms with Gasteiger partial charge < -0.3 is 15.8 Å². The zero-order chi connectivity index (χ0) is 14.4. The van der Waals surface area contributed by atoms with E-state index < -0.39 is 0 Å². The fourth-order valence-electron chi connectivity index (χ4n) is 1.69. The zero-order valence-corrected chi connectivity index (χ0v) is 12.2. The predicted molar refractivity (Wildman–Crippen MR) is 82.6 cm³/mol. The number of thiophene rings is 1. The van der Waals surface area contributed by atoms with Gasteiger partial charge in [-0.15, -0.1) is 11.3 Å². The van der Waals surface area contributed by atoms with E-state index >= 15 is 0 Å². The van der Waals surface area contributed by atoms with E-state index in [1.807, 2.05) is 36.4 Å². The van der Waals surface area contributed by atoms with Crippen molar-refractivity contribution >= 4 is 22.9 Å². The van der Waals surface area contributed by atoms with Crippen LogP contribution in [0.15, 0.2) is 36.4 Å². The lowest BCUT2D eigenvalue weighted by molar-refractivity contribution is 0.103. The summed E-state index contributed by atoms with van der Waals surface area (Å²) in [7, 11) is 0. The Balaban J connectivity index is 1.97. The van der Waals surface area contributed by atoms with Crippen molar-refractivity contribution in [2.24, 2.45) is 5.73 Å². The van der Waals surface area contributed by atoms with E-state index in [1.165, 1.54) is 16.2 Å². The minimum absolute atomic E-state index is 0.0784. The Morgan fingerprint density at radius 3 is 2.60 bits per heavy atom. The molecule has 5 heteroatoms. The summed E-state index contributed by atoms with van der Waals surface area (Å²) in [6.07, 6.45) is 0.950. The van der Waals surface area contributed by atoms with Crippen molar-refractivity contribution in [3.8, 4) is 5.75 Å². The molecule has 20 heavy (non-hydrogen) atoms. The van der Waals surface area contributed by atoms with Gasteiger partial charge in [0, 0.05) is 17.1 Å². The number of nitrogens with two attached hydrogens (primary N) is 1. The van der Waals surface area contributed by atoms with Gasteiger partial charge >= 0.3 is 0 Å². The minimum atomic E-state index is -0.0784. The van der Waals surface area contributed by atoms with E-state index in [2.05, 4.69) is 12.2 Å². The highest BCUT2D eigenvalue weighted by Crippen LogP contribution is 2.20. The molecule has 3 N–H and O–H groups in total. The van der Waals surface area contributed by atoms with Gasteiger partial charge in [-0.25, -0.2) is 0 Å². The average Bonchev–Trinajstić information content (AvgIpc) is 2.95. The highest BCUT2D eigenvalue weighted by Gasteiger charge is 2.09. The molecule has 0 saturated heterocycles. The molecular weight excluding hydrogens is 272 g/mol. The van der Waals surface area contributed by atoms with Gasteiger partial charge in [-0.1, -0.05) is 6.92 Å². The van der Waals surface area contributed by atoms with Gasteiger partial charge in [0.15, 0.2) is 0 Å². The summed E-state index contributed by atoms with van der Waals surface area (Å²) in [6.45, 7) is 3.05. The monoisotopic (exact) mass is 290 g/mol. The van der Waals surface area contributed by atoms with Crippen molar-refractivity contribution < 1.29 is 9.53 Å². The van der Waals surface area contributed by atoms with E-state index in [9.17, 15) is 4.79 Å². The van der Waals surface area contributed by atoms with Crippen molar-refractivity contribution in [3.63, 3.8) is 0 Å². The molecule has 0 spiro atoms. The third kappa shape index (κ3) is 3.82.